The first-order valence-corrected chi connectivity index (χ1v) is 7.27. The molecule has 3 heterocycles. The zero-order chi connectivity index (χ0) is 13.4. The Morgan fingerprint density at radius 3 is 3.16 bits per heavy atom. The molecule has 5 heteroatoms. The second-order valence-corrected chi connectivity index (χ2v) is 5.62. The van der Waals surface area contributed by atoms with E-state index in [4.69, 9.17) is 17.0 Å². The number of H-pyrrole nitrogens is 1. The Bertz CT molecular complexity index is 646. The minimum atomic E-state index is 0.358. The highest BCUT2D eigenvalue weighted by Gasteiger charge is 2.27. The molecule has 1 saturated heterocycles. The number of aromatic nitrogens is 3. The van der Waals surface area contributed by atoms with Gasteiger partial charge in [0.25, 0.3) is 0 Å². The summed E-state index contributed by atoms with van der Waals surface area (Å²) in [7, 11) is 0. The zero-order valence-electron chi connectivity index (χ0n) is 11.3. The van der Waals surface area contributed by atoms with Gasteiger partial charge in [0.05, 0.1) is 11.6 Å². The minimum absolute atomic E-state index is 0.358. The van der Waals surface area contributed by atoms with Crippen LogP contribution in [0.5, 0.6) is 0 Å². The van der Waals surface area contributed by atoms with Crippen LogP contribution in [-0.4, -0.2) is 27.2 Å². The highest BCUT2D eigenvalue weighted by molar-refractivity contribution is 7.71. The topological polar surface area (TPSA) is 42.8 Å². The van der Waals surface area contributed by atoms with Crippen molar-refractivity contribution in [3.63, 3.8) is 0 Å². The molecular weight excluding hydrogens is 258 g/mol. The van der Waals surface area contributed by atoms with Gasteiger partial charge < -0.3 is 14.3 Å². The van der Waals surface area contributed by atoms with Gasteiger partial charge in [0, 0.05) is 24.8 Å². The van der Waals surface area contributed by atoms with Crippen LogP contribution in [0.4, 0.5) is 0 Å². The lowest BCUT2D eigenvalue weighted by atomic mass is 10.00. The van der Waals surface area contributed by atoms with Crippen molar-refractivity contribution >= 4 is 23.4 Å². The molecule has 1 fully saturated rings. The number of nitrogens with zero attached hydrogens (tertiary/aromatic N) is 2. The van der Waals surface area contributed by atoms with E-state index in [-0.39, 0.29) is 0 Å². The lowest BCUT2D eigenvalue weighted by Crippen LogP contribution is -2.20. The molecular formula is C14H19N3OS. The van der Waals surface area contributed by atoms with Gasteiger partial charge in [0.15, 0.2) is 10.4 Å². The van der Waals surface area contributed by atoms with Crippen LogP contribution < -0.4 is 0 Å². The van der Waals surface area contributed by atoms with Gasteiger partial charge in [-0.3, -0.25) is 0 Å². The summed E-state index contributed by atoms with van der Waals surface area (Å²) in [5.41, 5.74) is 3.00. The summed E-state index contributed by atoms with van der Waals surface area (Å²) >= 11 is 5.43. The van der Waals surface area contributed by atoms with Crippen LogP contribution >= 0.6 is 12.2 Å². The SMILES string of the molecule is CCC1OCCC1Cn1c(=S)[nH]c2ccc(C)nc21. The Labute approximate surface area is 117 Å². The van der Waals surface area contributed by atoms with Crippen molar-refractivity contribution in [2.75, 3.05) is 6.61 Å². The van der Waals surface area contributed by atoms with Crippen molar-refractivity contribution in [3.8, 4) is 0 Å². The van der Waals surface area contributed by atoms with Crippen molar-refractivity contribution in [2.24, 2.45) is 5.92 Å². The molecule has 0 aromatic carbocycles. The van der Waals surface area contributed by atoms with Crippen LogP contribution in [0.15, 0.2) is 12.1 Å². The Kier molecular flexibility index (Phi) is 3.41. The molecule has 1 aliphatic heterocycles. The number of rotatable bonds is 3. The molecule has 0 aliphatic carbocycles. The Morgan fingerprint density at radius 1 is 1.53 bits per heavy atom. The Balaban J connectivity index is 1.98. The molecule has 3 rings (SSSR count). The van der Waals surface area contributed by atoms with E-state index in [1.807, 2.05) is 19.1 Å². The third kappa shape index (κ3) is 2.32. The number of imidazole rings is 1. The third-order valence-corrected chi connectivity index (χ3v) is 4.25. The van der Waals surface area contributed by atoms with Crippen LogP contribution in [-0.2, 0) is 11.3 Å². The summed E-state index contributed by atoms with van der Waals surface area (Å²) in [4.78, 5) is 7.85. The molecule has 102 valence electrons. The van der Waals surface area contributed by atoms with E-state index in [9.17, 15) is 0 Å². The standard InChI is InChI=1S/C14H19N3OS/c1-3-12-10(6-7-18-12)8-17-13-11(16-14(17)19)5-4-9(2)15-13/h4-5,10,12H,3,6-8H2,1-2H3,(H,16,19). The number of aryl methyl sites for hydroxylation is 1. The first kappa shape index (κ1) is 12.8. The van der Waals surface area contributed by atoms with E-state index in [0.717, 1.165) is 47.6 Å². The Hall–Kier alpha value is -1.20. The van der Waals surface area contributed by atoms with E-state index in [1.54, 1.807) is 0 Å². The van der Waals surface area contributed by atoms with Gasteiger partial charge >= 0.3 is 0 Å². The average molecular weight is 277 g/mol. The number of ether oxygens (including phenoxy) is 1. The van der Waals surface area contributed by atoms with Crippen molar-refractivity contribution < 1.29 is 4.74 Å². The number of nitrogens with one attached hydrogen (secondary N) is 1. The molecule has 0 radical (unpaired) electrons. The van der Waals surface area contributed by atoms with Crippen molar-refractivity contribution in [3.05, 3.63) is 22.6 Å². The molecule has 4 nitrogen and oxygen atoms in total. The molecule has 19 heavy (non-hydrogen) atoms. The van der Waals surface area contributed by atoms with Gasteiger partial charge in [-0.1, -0.05) is 6.92 Å². The van der Waals surface area contributed by atoms with E-state index in [2.05, 4.69) is 21.5 Å². The molecule has 0 amide bonds. The van der Waals surface area contributed by atoms with Crippen molar-refractivity contribution in [1.29, 1.82) is 0 Å². The second kappa shape index (κ2) is 5.06. The van der Waals surface area contributed by atoms with Gasteiger partial charge in [-0.2, -0.15) is 0 Å². The minimum Gasteiger partial charge on any atom is -0.378 e. The van der Waals surface area contributed by atoms with Crippen LogP contribution in [0.25, 0.3) is 11.2 Å². The summed E-state index contributed by atoms with van der Waals surface area (Å²) in [6, 6.07) is 4.05. The smallest absolute Gasteiger partial charge is 0.179 e. The molecule has 2 atom stereocenters. The van der Waals surface area contributed by atoms with E-state index in [1.165, 1.54) is 0 Å². The first-order valence-electron chi connectivity index (χ1n) is 6.87. The van der Waals surface area contributed by atoms with Crippen LogP contribution in [0, 0.1) is 17.6 Å². The summed E-state index contributed by atoms with van der Waals surface area (Å²) in [5.74, 6) is 0.540. The monoisotopic (exact) mass is 277 g/mol. The summed E-state index contributed by atoms with van der Waals surface area (Å²) in [5, 5.41) is 0. The summed E-state index contributed by atoms with van der Waals surface area (Å²) in [6.07, 6.45) is 2.53. The third-order valence-electron chi connectivity index (χ3n) is 3.92. The predicted octanol–water partition coefficient (Wildman–Crippen LogP) is 3.22. The first-order chi connectivity index (χ1) is 9.19. The van der Waals surface area contributed by atoms with Crippen molar-refractivity contribution in [1.82, 2.24) is 14.5 Å². The van der Waals surface area contributed by atoms with Gasteiger partial charge in [0.2, 0.25) is 0 Å². The fourth-order valence-electron chi connectivity index (χ4n) is 2.88. The Morgan fingerprint density at radius 2 is 2.37 bits per heavy atom. The van der Waals surface area contributed by atoms with E-state index < -0.39 is 0 Å². The molecule has 1 aliphatic rings. The normalized spacial score (nSPS) is 23.3. The largest absolute Gasteiger partial charge is 0.378 e. The zero-order valence-corrected chi connectivity index (χ0v) is 12.2. The quantitative estimate of drug-likeness (QED) is 0.876. The van der Waals surface area contributed by atoms with E-state index >= 15 is 0 Å². The predicted molar refractivity (Wildman–Crippen MR) is 77.8 cm³/mol. The molecule has 2 aromatic rings. The maximum absolute atomic E-state index is 5.76. The maximum atomic E-state index is 5.76. The number of hydrogen-bond donors (Lipinski definition) is 1. The summed E-state index contributed by atoms with van der Waals surface area (Å²) in [6.45, 7) is 5.95. The molecule has 0 saturated carbocycles. The number of fused-ring (bicyclic) bond motifs is 1. The molecule has 2 aromatic heterocycles. The van der Waals surface area contributed by atoms with Gasteiger partial charge in [-0.15, -0.1) is 0 Å². The van der Waals surface area contributed by atoms with Gasteiger partial charge in [-0.05, 0) is 44.1 Å². The van der Waals surface area contributed by atoms with E-state index in [0.29, 0.717) is 12.0 Å². The highest BCUT2D eigenvalue weighted by Crippen LogP contribution is 2.26. The summed E-state index contributed by atoms with van der Waals surface area (Å²) < 4.78 is 8.64. The molecule has 2 unspecified atom stereocenters. The number of pyridine rings is 1. The fourth-order valence-corrected chi connectivity index (χ4v) is 3.15. The average Bonchev–Trinajstić information content (AvgIpc) is 2.96. The number of aromatic amines is 1. The van der Waals surface area contributed by atoms with Crippen LogP contribution in [0.2, 0.25) is 0 Å². The molecule has 0 spiro atoms. The number of hydrogen-bond acceptors (Lipinski definition) is 3. The lowest BCUT2D eigenvalue weighted by molar-refractivity contribution is 0.0836. The maximum Gasteiger partial charge on any atom is 0.179 e. The molecule has 0 bridgehead atoms. The van der Waals surface area contributed by atoms with Gasteiger partial charge in [0.1, 0.15) is 0 Å². The second-order valence-electron chi connectivity index (χ2n) is 5.23. The van der Waals surface area contributed by atoms with Gasteiger partial charge in [-0.25, -0.2) is 4.98 Å². The fraction of sp³-hybridized carbons (Fsp3) is 0.571. The van der Waals surface area contributed by atoms with Crippen LogP contribution in [0.1, 0.15) is 25.5 Å². The van der Waals surface area contributed by atoms with Crippen LogP contribution in [0.3, 0.4) is 0 Å². The molecule has 1 N–H and O–H groups in total. The highest BCUT2D eigenvalue weighted by atomic mass is 32.1. The van der Waals surface area contributed by atoms with Crippen molar-refractivity contribution in [2.45, 2.75) is 39.3 Å². The lowest BCUT2D eigenvalue weighted by Gasteiger charge is -2.17.